The van der Waals surface area contributed by atoms with Crippen LogP contribution in [-0.4, -0.2) is 10.7 Å². The molecular formula is C31H28N2O4. The van der Waals surface area contributed by atoms with Crippen LogP contribution in [0.5, 0.6) is 0 Å². The van der Waals surface area contributed by atoms with Crippen LogP contribution in [0.4, 0.5) is 11.4 Å². The maximum absolute atomic E-state index is 13.6. The van der Waals surface area contributed by atoms with Crippen LogP contribution in [0, 0.1) is 29.4 Å². The molecule has 4 aromatic rings. The zero-order chi connectivity index (χ0) is 26.1. The molecule has 0 saturated carbocycles. The average molecular weight is 493 g/mol. The molecule has 0 saturated heterocycles. The number of carbonyl (C=O) groups is 1. The van der Waals surface area contributed by atoms with Gasteiger partial charge in [0.25, 0.3) is 5.69 Å². The van der Waals surface area contributed by atoms with Crippen molar-refractivity contribution in [2.75, 3.05) is 5.32 Å². The number of nitro benzene ring substituents is 1. The molecule has 1 atom stereocenters. The summed E-state index contributed by atoms with van der Waals surface area (Å²) in [5.41, 5.74) is 6.17. The van der Waals surface area contributed by atoms with Crippen LogP contribution in [0.25, 0.3) is 27.7 Å². The molecular weight excluding hydrogens is 464 g/mol. The van der Waals surface area contributed by atoms with Gasteiger partial charge in [0.05, 0.1) is 4.92 Å². The predicted molar refractivity (Wildman–Crippen MR) is 146 cm³/mol. The maximum Gasteiger partial charge on any atom is 0.272 e. The highest BCUT2D eigenvalue weighted by molar-refractivity contribution is 6.12. The number of hydrogen-bond donors (Lipinski definition) is 1. The minimum atomic E-state index is -0.402. The van der Waals surface area contributed by atoms with Gasteiger partial charge < -0.3 is 9.73 Å². The molecule has 6 nitrogen and oxygen atoms in total. The molecule has 1 N–H and O–H groups in total. The van der Waals surface area contributed by atoms with Crippen LogP contribution in [0.3, 0.4) is 0 Å². The first-order chi connectivity index (χ1) is 17.6. The molecule has 3 aromatic carbocycles. The number of rotatable bonds is 3. The number of anilines is 1. The number of furan rings is 1. The van der Waals surface area contributed by atoms with Gasteiger partial charge in [-0.05, 0) is 71.9 Å². The number of carbonyl (C=O) groups excluding carboxylic acids is 1. The second-order valence-electron chi connectivity index (χ2n) is 11.0. The van der Waals surface area contributed by atoms with Gasteiger partial charge in [-0.2, -0.15) is 0 Å². The Hall–Kier alpha value is -4.19. The van der Waals surface area contributed by atoms with Gasteiger partial charge in [0.1, 0.15) is 17.6 Å². The van der Waals surface area contributed by atoms with E-state index in [4.69, 9.17) is 4.42 Å². The maximum atomic E-state index is 13.6. The van der Waals surface area contributed by atoms with E-state index in [0.29, 0.717) is 23.5 Å². The molecule has 1 aromatic heterocycles. The second-order valence-corrected chi connectivity index (χ2v) is 11.0. The van der Waals surface area contributed by atoms with Gasteiger partial charge in [0, 0.05) is 40.4 Å². The van der Waals surface area contributed by atoms with Gasteiger partial charge in [-0.1, -0.05) is 44.2 Å². The fourth-order valence-electron chi connectivity index (χ4n) is 5.97. The number of fused-ring (bicyclic) bond motifs is 4. The van der Waals surface area contributed by atoms with Crippen molar-refractivity contribution in [1.29, 1.82) is 0 Å². The van der Waals surface area contributed by atoms with Crippen LogP contribution < -0.4 is 5.32 Å². The minimum absolute atomic E-state index is 0.0935. The van der Waals surface area contributed by atoms with E-state index in [0.717, 1.165) is 50.7 Å². The zero-order valence-corrected chi connectivity index (χ0v) is 21.3. The smallest absolute Gasteiger partial charge is 0.272 e. The fraction of sp³-hybridized carbons (Fsp3) is 0.258. The molecule has 0 fully saturated rings. The van der Waals surface area contributed by atoms with Crippen molar-refractivity contribution in [3.63, 3.8) is 0 Å². The summed E-state index contributed by atoms with van der Waals surface area (Å²) in [4.78, 5) is 24.6. The van der Waals surface area contributed by atoms with Gasteiger partial charge in [0.2, 0.25) is 0 Å². The molecule has 1 aliphatic carbocycles. The number of nitrogens with one attached hydrogen (secondary N) is 1. The number of allylic oxidation sites excluding steroid dienone is 1. The Morgan fingerprint density at radius 1 is 0.973 bits per heavy atom. The number of nitrogens with zero attached hydrogens (tertiary/aromatic N) is 1. The molecule has 0 radical (unpaired) electrons. The van der Waals surface area contributed by atoms with E-state index in [2.05, 4.69) is 43.4 Å². The Morgan fingerprint density at radius 2 is 1.76 bits per heavy atom. The standard InChI is InChI=1S/C31H28N2O4/c1-17-18(2)24(33(35)36)12-10-20(17)26-13-14-27(37-26)30-29-22(15-31(3,4)16-25(29)34)28-21-8-6-5-7-19(21)9-11-23(28)32-30/h5-14,30,32H,15-16H2,1-4H3. The summed E-state index contributed by atoms with van der Waals surface area (Å²) in [6.07, 6.45) is 1.29. The van der Waals surface area contributed by atoms with Gasteiger partial charge in [-0.25, -0.2) is 0 Å². The third kappa shape index (κ3) is 3.67. The number of benzene rings is 3. The summed E-state index contributed by atoms with van der Waals surface area (Å²) in [7, 11) is 0. The van der Waals surface area contributed by atoms with Crippen molar-refractivity contribution in [2.24, 2.45) is 5.41 Å². The van der Waals surface area contributed by atoms with E-state index in [1.54, 1.807) is 13.0 Å². The Balaban J connectivity index is 1.50. The molecule has 6 rings (SSSR count). The van der Waals surface area contributed by atoms with Crippen molar-refractivity contribution in [1.82, 2.24) is 0 Å². The van der Waals surface area contributed by atoms with Crippen molar-refractivity contribution >= 4 is 33.5 Å². The molecule has 2 heterocycles. The van der Waals surface area contributed by atoms with Crippen LogP contribution in [-0.2, 0) is 4.79 Å². The predicted octanol–water partition coefficient (Wildman–Crippen LogP) is 7.93. The highest BCUT2D eigenvalue weighted by atomic mass is 16.6. The lowest BCUT2D eigenvalue weighted by Gasteiger charge is -2.39. The van der Waals surface area contributed by atoms with Gasteiger partial charge >= 0.3 is 0 Å². The summed E-state index contributed by atoms with van der Waals surface area (Å²) in [6.45, 7) is 7.93. The first kappa shape index (κ1) is 23.2. The monoisotopic (exact) mass is 492 g/mol. The highest BCUT2D eigenvalue weighted by Crippen LogP contribution is 2.52. The normalized spacial score (nSPS) is 18.4. The third-order valence-electron chi connectivity index (χ3n) is 7.87. The van der Waals surface area contributed by atoms with Crippen LogP contribution in [0.2, 0.25) is 0 Å². The van der Waals surface area contributed by atoms with Crippen molar-refractivity contribution in [3.05, 3.63) is 98.8 Å². The molecule has 2 aliphatic rings. The van der Waals surface area contributed by atoms with Crippen LogP contribution in [0.15, 0.2) is 70.7 Å². The molecule has 1 aliphatic heterocycles. The van der Waals surface area contributed by atoms with Crippen molar-refractivity contribution in [3.8, 4) is 11.3 Å². The Labute approximate surface area is 215 Å². The van der Waals surface area contributed by atoms with Crippen LogP contribution >= 0.6 is 0 Å². The number of nitro groups is 1. The van der Waals surface area contributed by atoms with Gasteiger partial charge in [-0.3, -0.25) is 14.9 Å². The molecule has 1 unspecified atom stereocenters. The molecule has 186 valence electrons. The van der Waals surface area contributed by atoms with Gasteiger partial charge in [0.15, 0.2) is 5.78 Å². The van der Waals surface area contributed by atoms with Crippen molar-refractivity contribution in [2.45, 2.75) is 46.6 Å². The molecule has 6 heteroatoms. The summed E-state index contributed by atoms with van der Waals surface area (Å²) in [6, 6.07) is 19.1. The van der Waals surface area contributed by atoms with E-state index >= 15 is 0 Å². The molecule has 0 spiro atoms. The summed E-state index contributed by atoms with van der Waals surface area (Å²) in [5.74, 6) is 1.43. The zero-order valence-electron chi connectivity index (χ0n) is 21.3. The SMILES string of the molecule is Cc1c(-c2ccc(C3Nc4ccc5ccccc5c4C4=C3C(=O)CC(C)(C)C4)o2)ccc([N+](=O)[O-])c1C. The number of hydrogen-bond acceptors (Lipinski definition) is 5. The second kappa shape index (κ2) is 8.17. The number of ketones is 1. The Bertz CT molecular complexity index is 1660. The summed E-state index contributed by atoms with van der Waals surface area (Å²) < 4.78 is 6.38. The minimum Gasteiger partial charge on any atom is -0.459 e. The van der Waals surface area contributed by atoms with E-state index in [9.17, 15) is 14.9 Å². The summed E-state index contributed by atoms with van der Waals surface area (Å²) >= 11 is 0. The van der Waals surface area contributed by atoms with E-state index in [1.165, 1.54) is 6.07 Å². The lowest BCUT2D eigenvalue weighted by atomic mass is 9.68. The van der Waals surface area contributed by atoms with E-state index in [-0.39, 0.29) is 21.8 Å². The van der Waals surface area contributed by atoms with Gasteiger partial charge in [-0.15, -0.1) is 0 Å². The largest absolute Gasteiger partial charge is 0.459 e. The Morgan fingerprint density at radius 3 is 2.54 bits per heavy atom. The van der Waals surface area contributed by atoms with E-state index in [1.807, 2.05) is 31.2 Å². The molecule has 0 bridgehead atoms. The first-order valence-corrected chi connectivity index (χ1v) is 12.5. The topological polar surface area (TPSA) is 85.4 Å². The molecule has 0 amide bonds. The lowest BCUT2D eigenvalue weighted by molar-refractivity contribution is -0.385. The quantitative estimate of drug-likeness (QED) is 0.232. The Kier molecular flexibility index (Phi) is 5.13. The summed E-state index contributed by atoms with van der Waals surface area (Å²) in [5, 5.41) is 17.3. The van der Waals surface area contributed by atoms with Crippen molar-refractivity contribution < 1.29 is 14.1 Å². The molecule has 37 heavy (non-hydrogen) atoms. The third-order valence-corrected chi connectivity index (χ3v) is 7.87. The highest BCUT2D eigenvalue weighted by Gasteiger charge is 2.41. The van der Waals surface area contributed by atoms with E-state index < -0.39 is 6.04 Å². The first-order valence-electron chi connectivity index (χ1n) is 12.5. The number of Topliss-reactive ketones (excluding diaryl/α,β-unsaturated/α-hetero) is 1. The van der Waals surface area contributed by atoms with Crippen LogP contribution in [0.1, 0.15) is 55.2 Å². The lowest BCUT2D eigenvalue weighted by Crippen LogP contribution is -2.33. The average Bonchev–Trinajstić information content (AvgIpc) is 3.33. The fourth-order valence-corrected chi connectivity index (χ4v) is 5.97.